The van der Waals surface area contributed by atoms with E-state index in [2.05, 4.69) is 0 Å². The molecule has 0 aliphatic heterocycles. The lowest BCUT2D eigenvalue weighted by Crippen LogP contribution is -2.18. The van der Waals surface area contributed by atoms with Gasteiger partial charge in [0.2, 0.25) is 7.37 Å². The van der Waals surface area contributed by atoms with E-state index >= 15 is 0 Å². The summed E-state index contributed by atoms with van der Waals surface area (Å²) >= 11 is 0. The van der Waals surface area contributed by atoms with Crippen LogP contribution in [0.15, 0.2) is 0 Å². The van der Waals surface area contributed by atoms with Crippen molar-refractivity contribution in [3.8, 4) is 0 Å². The van der Waals surface area contributed by atoms with Crippen molar-refractivity contribution in [3.63, 3.8) is 0 Å². The van der Waals surface area contributed by atoms with Crippen LogP contribution in [0.1, 0.15) is 20.8 Å². The monoisotopic (exact) mass is 228 g/mol. The molecule has 0 heterocycles. The van der Waals surface area contributed by atoms with Crippen molar-refractivity contribution in [1.82, 2.24) is 0 Å². The Morgan fingerprint density at radius 1 is 1.38 bits per heavy atom. The molecule has 0 aliphatic carbocycles. The van der Waals surface area contributed by atoms with E-state index in [-0.39, 0.29) is 11.7 Å². The Labute approximate surface area is 80.0 Å². The van der Waals surface area contributed by atoms with E-state index in [0.29, 0.717) is 0 Å². The third-order valence-electron chi connectivity index (χ3n) is 1.91. The van der Waals surface area contributed by atoms with Crippen molar-refractivity contribution in [1.29, 1.82) is 0 Å². The van der Waals surface area contributed by atoms with Gasteiger partial charge in [-0.05, 0) is 13.8 Å². The molecular weight excluding hydrogens is 211 g/mol. The first-order chi connectivity index (χ1) is 5.77. The van der Waals surface area contributed by atoms with E-state index in [1.807, 2.05) is 0 Å². The highest BCUT2D eigenvalue weighted by Gasteiger charge is 2.29. The Hall–Kier alpha value is 0.140. The third-order valence-corrected chi connectivity index (χ3v) is 7.99. The van der Waals surface area contributed by atoms with Crippen molar-refractivity contribution in [2.24, 2.45) is 0 Å². The second-order valence-corrected chi connectivity index (χ2v) is 9.08. The lowest BCUT2D eigenvalue weighted by atomic mass is 10.6. The topological polar surface area (TPSA) is 60.4 Å². The van der Waals surface area contributed by atoms with Gasteiger partial charge in [0, 0.05) is 13.3 Å². The Morgan fingerprint density at radius 3 is 2.08 bits per heavy atom. The van der Waals surface area contributed by atoms with E-state index < -0.39 is 22.5 Å². The normalized spacial score (nSPS) is 17.3. The maximum Gasteiger partial charge on any atom is 0.217 e. The summed E-state index contributed by atoms with van der Waals surface area (Å²) in [4.78, 5) is 0. The molecule has 6 heteroatoms. The zero-order chi connectivity index (χ0) is 10.7. The molecule has 0 N–H and O–H groups in total. The van der Waals surface area contributed by atoms with Gasteiger partial charge in [-0.25, -0.2) is 8.42 Å². The Morgan fingerprint density at radius 2 is 1.85 bits per heavy atom. The van der Waals surface area contributed by atoms with Gasteiger partial charge in [-0.2, -0.15) is 0 Å². The van der Waals surface area contributed by atoms with E-state index in [9.17, 15) is 13.0 Å². The first kappa shape index (κ1) is 13.1. The van der Waals surface area contributed by atoms with Gasteiger partial charge in [0.05, 0.1) is 5.25 Å². The molecule has 0 spiro atoms. The number of hydrogen-bond donors (Lipinski definition) is 0. The zero-order valence-corrected chi connectivity index (χ0v) is 10.2. The van der Waals surface area contributed by atoms with Gasteiger partial charge in [0.15, 0.2) is 9.84 Å². The molecule has 1 atom stereocenters. The number of hydrogen-bond acceptors (Lipinski definition) is 4. The van der Waals surface area contributed by atoms with Gasteiger partial charge in [0.1, 0.15) is 5.49 Å². The fourth-order valence-corrected chi connectivity index (χ4v) is 5.49. The minimum absolute atomic E-state index is 0.259. The molecule has 0 unspecified atom stereocenters. The van der Waals surface area contributed by atoms with Crippen molar-refractivity contribution in [2.45, 2.75) is 26.0 Å². The first-order valence-corrected chi connectivity index (χ1v) is 7.84. The number of sulfone groups is 1. The molecule has 0 bridgehead atoms. The maximum absolute atomic E-state index is 11.7. The van der Waals surface area contributed by atoms with Crippen LogP contribution in [-0.2, 0) is 18.9 Å². The summed E-state index contributed by atoms with van der Waals surface area (Å²) in [6.45, 7) is 4.82. The average molecular weight is 228 g/mol. The average Bonchev–Trinajstić information content (AvgIpc) is 2.03. The van der Waals surface area contributed by atoms with Crippen LogP contribution in [-0.4, -0.2) is 32.4 Å². The van der Waals surface area contributed by atoms with Crippen molar-refractivity contribution < 1.29 is 17.5 Å². The van der Waals surface area contributed by atoms with Crippen LogP contribution in [0.2, 0.25) is 0 Å². The quantitative estimate of drug-likeness (QED) is 0.672. The van der Waals surface area contributed by atoms with Gasteiger partial charge < -0.3 is 4.52 Å². The summed E-state index contributed by atoms with van der Waals surface area (Å²) < 4.78 is 39.2. The second-order valence-electron chi connectivity index (χ2n) is 3.15. The molecule has 0 aromatic heterocycles. The largest absolute Gasteiger partial charge is 0.331 e. The molecule has 0 aromatic rings. The van der Waals surface area contributed by atoms with E-state index in [0.717, 1.165) is 0 Å². The fraction of sp³-hybridized carbons (Fsp3) is 1.00. The standard InChI is InChI=1S/C7H17O4PS/c1-5-12(8,11-4)6-13(9,10)7(2)3/h7H,5-6H2,1-4H3/t12-/m1/s1. The van der Waals surface area contributed by atoms with Gasteiger partial charge in [-0.3, -0.25) is 4.57 Å². The summed E-state index contributed by atoms with van der Waals surface area (Å²) in [5, 5.41) is -0.498. The van der Waals surface area contributed by atoms with Crippen LogP contribution in [0.5, 0.6) is 0 Å². The Bertz CT molecular complexity index is 286. The molecule has 0 saturated carbocycles. The predicted octanol–water partition coefficient (Wildman–Crippen LogP) is 1.71. The van der Waals surface area contributed by atoms with Crippen LogP contribution in [0.4, 0.5) is 0 Å². The minimum atomic E-state index is -3.27. The maximum atomic E-state index is 11.7. The molecular formula is C7H17O4PS. The lowest BCUT2D eigenvalue weighted by Gasteiger charge is -2.15. The van der Waals surface area contributed by atoms with Gasteiger partial charge >= 0.3 is 0 Å². The Kier molecular flexibility index (Phi) is 4.63. The van der Waals surface area contributed by atoms with Gasteiger partial charge in [-0.1, -0.05) is 6.92 Å². The molecule has 0 radical (unpaired) electrons. The Balaban J connectivity index is 4.71. The van der Waals surface area contributed by atoms with Crippen LogP contribution >= 0.6 is 7.37 Å². The second kappa shape index (κ2) is 4.58. The first-order valence-electron chi connectivity index (χ1n) is 4.13. The van der Waals surface area contributed by atoms with Crippen molar-refractivity contribution in [2.75, 3.05) is 18.8 Å². The molecule has 0 saturated heterocycles. The summed E-state index contributed by atoms with van der Waals surface area (Å²) in [6, 6.07) is 0. The zero-order valence-electron chi connectivity index (χ0n) is 8.48. The van der Waals surface area contributed by atoms with Gasteiger partial charge in [0.25, 0.3) is 0 Å². The minimum Gasteiger partial charge on any atom is -0.331 e. The predicted molar refractivity (Wildman–Crippen MR) is 54.1 cm³/mol. The van der Waals surface area contributed by atoms with E-state index in [1.54, 1.807) is 20.8 Å². The molecule has 4 nitrogen and oxygen atoms in total. The van der Waals surface area contributed by atoms with Crippen LogP contribution in [0.25, 0.3) is 0 Å². The molecule has 0 aliphatic rings. The summed E-state index contributed by atoms with van der Waals surface area (Å²) in [7, 11) is -4.92. The van der Waals surface area contributed by atoms with Gasteiger partial charge in [-0.15, -0.1) is 0 Å². The third kappa shape index (κ3) is 3.79. The van der Waals surface area contributed by atoms with Crippen molar-refractivity contribution >= 4 is 17.2 Å². The fourth-order valence-electron chi connectivity index (χ4n) is 0.696. The van der Waals surface area contributed by atoms with E-state index in [4.69, 9.17) is 4.52 Å². The van der Waals surface area contributed by atoms with Crippen LogP contribution in [0, 0.1) is 0 Å². The van der Waals surface area contributed by atoms with E-state index in [1.165, 1.54) is 7.11 Å². The molecule has 0 aromatic carbocycles. The highest BCUT2D eigenvalue weighted by molar-refractivity contribution is 7.98. The van der Waals surface area contributed by atoms with Crippen LogP contribution in [0.3, 0.4) is 0 Å². The van der Waals surface area contributed by atoms with Crippen molar-refractivity contribution in [3.05, 3.63) is 0 Å². The SMILES string of the molecule is CC[P@](=O)(CS(=O)(=O)C(C)C)OC. The number of rotatable bonds is 5. The lowest BCUT2D eigenvalue weighted by molar-refractivity contribution is 0.398. The molecule has 0 amide bonds. The highest BCUT2D eigenvalue weighted by atomic mass is 32.2. The molecule has 13 heavy (non-hydrogen) atoms. The summed E-state index contributed by atoms with van der Waals surface area (Å²) in [6.07, 6.45) is 0.259. The molecule has 80 valence electrons. The molecule has 0 rings (SSSR count). The smallest absolute Gasteiger partial charge is 0.217 e. The summed E-state index contributed by atoms with van der Waals surface area (Å²) in [5.74, 6) is 0. The summed E-state index contributed by atoms with van der Waals surface area (Å²) in [5.41, 5.74) is -0.343. The van der Waals surface area contributed by atoms with Crippen LogP contribution < -0.4 is 0 Å². The molecule has 0 fully saturated rings. The highest BCUT2D eigenvalue weighted by Crippen LogP contribution is 2.47.